The Labute approximate surface area is 153 Å². The van der Waals surface area contributed by atoms with Gasteiger partial charge in [-0.15, -0.1) is 0 Å². The summed E-state index contributed by atoms with van der Waals surface area (Å²) in [6, 6.07) is 13.8. The van der Waals surface area contributed by atoms with Crippen LogP contribution in [-0.2, 0) is 4.74 Å². The fraction of sp³-hybridized carbons (Fsp3) is 0.333. The maximum absolute atomic E-state index is 12.4. The maximum Gasteiger partial charge on any atom is 0.338 e. The van der Waals surface area contributed by atoms with Crippen LogP contribution in [0.2, 0.25) is 0 Å². The average molecular weight is 353 g/mol. The Balaban J connectivity index is 1.62. The molecular weight excluding hydrogens is 330 g/mol. The highest BCUT2D eigenvalue weighted by Crippen LogP contribution is 2.22. The number of hydrogen-bond donors (Lipinski definition) is 1. The quantitative estimate of drug-likeness (QED) is 0.807. The van der Waals surface area contributed by atoms with Gasteiger partial charge in [-0.25, -0.2) is 4.79 Å². The van der Waals surface area contributed by atoms with Crippen molar-refractivity contribution in [3.8, 4) is 5.75 Å². The number of rotatable bonds is 5. The van der Waals surface area contributed by atoms with E-state index in [-0.39, 0.29) is 18.0 Å². The van der Waals surface area contributed by atoms with Gasteiger partial charge in [0.05, 0.1) is 18.2 Å². The smallest absolute Gasteiger partial charge is 0.338 e. The number of benzene rings is 2. The molecule has 1 N–H and O–H groups in total. The normalized spacial score (nSPS) is 14.5. The summed E-state index contributed by atoms with van der Waals surface area (Å²) in [6.45, 7) is 0. The van der Waals surface area contributed by atoms with E-state index in [0.717, 1.165) is 25.7 Å². The SMILES string of the molecule is COc1ccccc1C(=O)Nc1ccc(C(=O)OC2CCCCC2)cc1. The van der Waals surface area contributed by atoms with Crippen molar-refractivity contribution in [3.05, 3.63) is 59.7 Å². The van der Waals surface area contributed by atoms with E-state index >= 15 is 0 Å². The second kappa shape index (κ2) is 8.52. The standard InChI is InChI=1S/C21H23NO4/c1-25-19-10-6-5-9-18(19)20(23)22-16-13-11-15(12-14-16)21(24)26-17-7-3-2-4-8-17/h5-6,9-14,17H,2-4,7-8H2,1H3,(H,22,23). The fourth-order valence-electron chi connectivity index (χ4n) is 3.12. The van der Waals surface area contributed by atoms with Gasteiger partial charge >= 0.3 is 5.97 Å². The van der Waals surface area contributed by atoms with Crippen molar-refractivity contribution in [2.45, 2.75) is 38.2 Å². The largest absolute Gasteiger partial charge is 0.496 e. The predicted molar refractivity (Wildman–Crippen MR) is 99.7 cm³/mol. The molecule has 0 atom stereocenters. The van der Waals surface area contributed by atoms with Crippen LogP contribution >= 0.6 is 0 Å². The summed E-state index contributed by atoms with van der Waals surface area (Å²) < 4.78 is 10.8. The van der Waals surface area contributed by atoms with Crippen LogP contribution in [0.3, 0.4) is 0 Å². The predicted octanol–water partition coefficient (Wildman–Crippen LogP) is 4.44. The third-order valence-electron chi connectivity index (χ3n) is 4.56. The molecular formula is C21H23NO4. The lowest BCUT2D eigenvalue weighted by Gasteiger charge is -2.21. The highest BCUT2D eigenvalue weighted by atomic mass is 16.5. The van der Waals surface area contributed by atoms with Crippen molar-refractivity contribution >= 4 is 17.6 Å². The molecule has 3 rings (SSSR count). The Morgan fingerprint density at radius 2 is 1.65 bits per heavy atom. The maximum atomic E-state index is 12.4. The summed E-state index contributed by atoms with van der Waals surface area (Å²) >= 11 is 0. The first kappa shape index (κ1) is 18.0. The van der Waals surface area contributed by atoms with Crippen molar-refractivity contribution in [2.24, 2.45) is 0 Å². The molecule has 0 aromatic heterocycles. The van der Waals surface area contributed by atoms with Gasteiger partial charge in [0, 0.05) is 5.69 Å². The number of carbonyl (C=O) groups is 2. The van der Waals surface area contributed by atoms with Gasteiger partial charge < -0.3 is 14.8 Å². The van der Waals surface area contributed by atoms with E-state index in [9.17, 15) is 9.59 Å². The first-order valence-corrected chi connectivity index (χ1v) is 8.93. The minimum absolute atomic E-state index is 0.0289. The Bertz CT molecular complexity index is 764. The van der Waals surface area contributed by atoms with Crippen molar-refractivity contribution in [1.82, 2.24) is 0 Å². The monoisotopic (exact) mass is 353 g/mol. The molecule has 5 heteroatoms. The minimum Gasteiger partial charge on any atom is -0.496 e. The molecule has 5 nitrogen and oxygen atoms in total. The molecule has 136 valence electrons. The van der Waals surface area contributed by atoms with Crippen LogP contribution in [0.5, 0.6) is 5.75 Å². The molecule has 1 saturated carbocycles. The molecule has 2 aromatic rings. The zero-order chi connectivity index (χ0) is 18.4. The number of hydrogen-bond acceptors (Lipinski definition) is 4. The van der Waals surface area contributed by atoms with Gasteiger partial charge in [0.15, 0.2) is 0 Å². The van der Waals surface area contributed by atoms with E-state index < -0.39 is 0 Å². The third kappa shape index (κ3) is 4.42. The Hall–Kier alpha value is -2.82. The minimum atomic E-state index is -0.306. The second-order valence-corrected chi connectivity index (χ2v) is 6.40. The van der Waals surface area contributed by atoms with Gasteiger partial charge in [0.25, 0.3) is 5.91 Å². The molecule has 0 bridgehead atoms. The van der Waals surface area contributed by atoms with Crippen LogP contribution < -0.4 is 10.1 Å². The summed E-state index contributed by atoms with van der Waals surface area (Å²) in [7, 11) is 1.53. The molecule has 0 saturated heterocycles. The van der Waals surface area contributed by atoms with Gasteiger partial charge in [-0.2, -0.15) is 0 Å². The van der Waals surface area contributed by atoms with Gasteiger partial charge in [-0.05, 0) is 62.1 Å². The molecule has 0 unspecified atom stereocenters. The average Bonchev–Trinajstić information content (AvgIpc) is 2.69. The highest BCUT2D eigenvalue weighted by molar-refractivity contribution is 6.06. The molecule has 1 aliphatic rings. The van der Waals surface area contributed by atoms with E-state index in [0.29, 0.717) is 22.6 Å². The lowest BCUT2D eigenvalue weighted by Crippen LogP contribution is -2.21. The molecule has 0 radical (unpaired) electrons. The molecule has 1 amide bonds. The van der Waals surface area contributed by atoms with Crippen molar-refractivity contribution in [2.75, 3.05) is 12.4 Å². The number of ether oxygens (including phenoxy) is 2. The van der Waals surface area contributed by atoms with Crippen LogP contribution in [0.1, 0.15) is 52.8 Å². The summed E-state index contributed by atoms with van der Waals surface area (Å²) in [6.07, 6.45) is 5.37. The van der Waals surface area contributed by atoms with Crippen LogP contribution in [0.15, 0.2) is 48.5 Å². The fourth-order valence-corrected chi connectivity index (χ4v) is 3.12. The molecule has 26 heavy (non-hydrogen) atoms. The van der Waals surface area contributed by atoms with E-state index in [2.05, 4.69) is 5.32 Å². The van der Waals surface area contributed by atoms with Crippen LogP contribution in [0.4, 0.5) is 5.69 Å². The first-order valence-electron chi connectivity index (χ1n) is 8.93. The lowest BCUT2D eigenvalue weighted by molar-refractivity contribution is 0.0211. The first-order chi connectivity index (χ1) is 12.7. The van der Waals surface area contributed by atoms with Crippen molar-refractivity contribution in [1.29, 1.82) is 0 Å². The Morgan fingerprint density at radius 1 is 0.962 bits per heavy atom. The van der Waals surface area contributed by atoms with E-state index in [1.807, 2.05) is 6.07 Å². The molecule has 0 spiro atoms. The molecule has 0 aliphatic heterocycles. The van der Waals surface area contributed by atoms with Crippen LogP contribution in [0.25, 0.3) is 0 Å². The van der Waals surface area contributed by atoms with Gasteiger partial charge in [-0.3, -0.25) is 4.79 Å². The van der Waals surface area contributed by atoms with Crippen molar-refractivity contribution in [3.63, 3.8) is 0 Å². The number of esters is 1. The summed E-state index contributed by atoms with van der Waals surface area (Å²) in [5.74, 6) is -0.0582. The zero-order valence-corrected chi connectivity index (χ0v) is 14.9. The summed E-state index contributed by atoms with van der Waals surface area (Å²) in [5.41, 5.74) is 1.55. The molecule has 1 aliphatic carbocycles. The zero-order valence-electron chi connectivity index (χ0n) is 14.9. The Morgan fingerprint density at radius 3 is 2.35 bits per heavy atom. The van der Waals surface area contributed by atoms with Crippen LogP contribution in [0, 0.1) is 0 Å². The highest BCUT2D eigenvalue weighted by Gasteiger charge is 2.19. The lowest BCUT2D eigenvalue weighted by atomic mass is 9.98. The van der Waals surface area contributed by atoms with E-state index in [1.54, 1.807) is 42.5 Å². The number of para-hydroxylation sites is 1. The topological polar surface area (TPSA) is 64.6 Å². The van der Waals surface area contributed by atoms with Gasteiger partial charge in [0.2, 0.25) is 0 Å². The van der Waals surface area contributed by atoms with Gasteiger partial charge in [0.1, 0.15) is 11.9 Å². The molecule has 1 fully saturated rings. The van der Waals surface area contributed by atoms with Gasteiger partial charge in [-0.1, -0.05) is 18.6 Å². The number of methoxy groups -OCH3 is 1. The number of carbonyl (C=O) groups excluding carboxylic acids is 2. The molecule has 2 aromatic carbocycles. The van der Waals surface area contributed by atoms with Crippen LogP contribution in [-0.4, -0.2) is 25.1 Å². The second-order valence-electron chi connectivity index (χ2n) is 6.40. The van der Waals surface area contributed by atoms with E-state index in [4.69, 9.17) is 9.47 Å². The number of nitrogens with one attached hydrogen (secondary N) is 1. The van der Waals surface area contributed by atoms with E-state index in [1.165, 1.54) is 13.5 Å². The number of amides is 1. The third-order valence-corrected chi connectivity index (χ3v) is 4.56. The Kier molecular flexibility index (Phi) is 5.89. The molecule has 0 heterocycles. The summed E-state index contributed by atoms with van der Waals surface area (Å²) in [4.78, 5) is 24.6. The summed E-state index contributed by atoms with van der Waals surface area (Å²) in [5, 5.41) is 2.81. The number of anilines is 1. The van der Waals surface area contributed by atoms with Crippen molar-refractivity contribution < 1.29 is 19.1 Å².